The molecular weight excluding hydrogens is 441 g/mol. The van der Waals surface area contributed by atoms with Gasteiger partial charge in [0.1, 0.15) is 18.0 Å². The zero-order chi connectivity index (χ0) is 24.0. The van der Waals surface area contributed by atoms with Crippen LogP contribution in [-0.4, -0.2) is 51.9 Å². The second kappa shape index (κ2) is 10.4. The summed E-state index contributed by atoms with van der Waals surface area (Å²) in [5.74, 6) is 0.384. The Morgan fingerprint density at radius 1 is 0.857 bits per heavy atom. The molecule has 0 radical (unpaired) electrons. The quantitative estimate of drug-likeness (QED) is 0.433. The molecule has 1 aliphatic rings. The molecule has 6 nitrogen and oxygen atoms in total. The van der Waals surface area contributed by atoms with Gasteiger partial charge in [0.05, 0.1) is 5.69 Å². The molecule has 1 aliphatic heterocycles. The molecule has 7 heteroatoms. The molecule has 0 bridgehead atoms. The van der Waals surface area contributed by atoms with Gasteiger partial charge in [-0.2, -0.15) is 0 Å². The Hall–Kier alpha value is -4.10. The number of nitrogens with one attached hydrogen (secondary N) is 1. The number of rotatable bonds is 6. The van der Waals surface area contributed by atoms with Crippen molar-refractivity contribution < 1.29 is 9.18 Å². The molecule has 3 aromatic carbocycles. The van der Waals surface area contributed by atoms with E-state index in [0.29, 0.717) is 17.1 Å². The van der Waals surface area contributed by atoms with E-state index in [1.54, 1.807) is 18.2 Å². The van der Waals surface area contributed by atoms with Crippen LogP contribution in [0.5, 0.6) is 0 Å². The number of nitrogens with zero attached hydrogens (tertiary/aromatic N) is 4. The van der Waals surface area contributed by atoms with Gasteiger partial charge in [-0.3, -0.25) is 9.69 Å². The highest BCUT2D eigenvalue weighted by atomic mass is 19.1. The summed E-state index contributed by atoms with van der Waals surface area (Å²) in [6, 6.07) is 25.8. The van der Waals surface area contributed by atoms with Crippen molar-refractivity contribution in [2.75, 3.05) is 31.5 Å². The molecule has 1 fully saturated rings. The molecule has 1 saturated heterocycles. The third-order valence-electron chi connectivity index (χ3n) is 6.12. The molecule has 0 unspecified atom stereocenters. The van der Waals surface area contributed by atoms with Crippen molar-refractivity contribution in [1.29, 1.82) is 0 Å². The molecule has 1 amide bonds. The summed E-state index contributed by atoms with van der Waals surface area (Å²) in [6.07, 6.45) is 1.47. The first-order chi connectivity index (χ1) is 17.1. The minimum atomic E-state index is -0.287. The number of hydrogen-bond acceptors (Lipinski definition) is 5. The summed E-state index contributed by atoms with van der Waals surface area (Å²) in [5.41, 5.74) is 4.28. The van der Waals surface area contributed by atoms with Crippen LogP contribution in [0.25, 0.3) is 11.3 Å². The second-order valence-electron chi connectivity index (χ2n) is 8.55. The number of carbonyl (C=O) groups excluding carboxylic acids is 1. The van der Waals surface area contributed by atoms with Crippen LogP contribution in [0.1, 0.15) is 15.9 Å². The van der Waals surface area contributed by atoms with Gasteiger partial charge in [0.2, 0.25) is 0 Å². The van der Waals surface area contributed by atoms with E-state index in [1.807, 2.05) is 35.2 Å². The summed E-state index contributed by atoms with van der Waals surface area (Å²) in [5, 5.41) is 3.24. The second-order valence-corrected chi connectivity index (χ2v) is 8.55. The van der Waals surface area contributed by atoms with Crippen molar-refractivity contribution in [2.24, 2.45) is 0 Å². The van der Waals surface area contributed by atoms with Gasteiger partial charge in [-0.1, -0.05) is 30.3 Å². The summed E-state index contributed by atoms with van der Waals surface area (Å²) < 4.78 is 13.2. The Morgan fingerprint density at radius 3 is 2.29 bits per heavy atom. The van der Waals surface area contributed by atoms with Crippen molar-refractivity contribution in [1.82, 2.24) is 19.8 Å². The van der Waals surface area contributed by atoms with Crippen LogP contribution in [0.2, 0.25) is 0 Å². The molecule has 0 spiro atoms. The smallest absolute Gasteiger partial charge is 0.253 e. The van der Waals surface area contributed by atoms with Crippen LogP contribution in [0, 0.1) is 5.82 Å². The molecule has 0 atom stereocenters. The van der Waals surface area contributed by atoms with E-state index in [9.17, 15) is 9.18 Å². The summed E-state index contributed by atoms with van der Waals surface area (Å²) in [7, 11) is 0. The summed E-state index contributed by atoms with van der Waals surface area (Å²) in [4.78, 5) is 25.8. The normalized spacial score (nSPS) is 14.0. The first kappa shape index (κ1) is 22.7. The fourth-order valence-corrected chi connectivity index (χ4v) is 4.18. The third-order valence-corrected chi connectivity index (χ3v) is 6.12. The monoisotopic (exact) mass is 467 g/mol. The van der Waals surface area contributed by atoms with Crippen LogP contribution in [0.15, 0.2) is 91.3 Å². The number of carbonyl (C=O) groups is 1. The first-order valence-electron chi connectivity index (χ1n) is 11.6. The topological polar surface area (TPSA) is 61.4 Å². The zero-order valence-corrected chi connectivity index (χ0v) is 19.3. The van der Waals surface area contributed by atoms with Gasteiger partial charge >= 0.3 is 0 Å². The molecule has 176 valence electrons. The Bertz CT molecular complexity index is 1270. The minimum Gasteiger partial charge on any atom is -0.340 e. The minimum absolute atomic E-state index is 0.0524. The van der Waals surface area contributed by atoms with Gasteiger partial charge < -0.3 is 10.2 Å². The van der Waals surface area contributed by atoms with Crippen LogP contribution in [-0.2, 0) is 6.54 Å². The molecule has 1 N–H and O–H groups in total. The lowest BCUT2D eigenvalue weighted by atomic mass is 10.1. The third kappa shape index (κ3) is 5.70. The van der Waals surface area contributed by atoms with E-state index >= 15 is 0 Å². The molecule has 1 aromatic heterocycles. The highest BCUT2D eigenvalue weighted by molar-refractivity contribution is 5.94. The first-order valence-corrected chi connectivity index (χ1v) is 11.6. The lowest BCUT2D eigenvalue weighted by Crippen LogP contribution is -2.48. The van der Waals surface area contributed by atoms with Crippen molar-refractivity contribution in [2.45, 2.75) is 6.54 Å². The van der Waals surface area contributed by atoms with Crippen molar-refractivity contribution in [3.05, 3.63) is 108 Å². The van der Waals surface area contributed by atoms with Gasteiger partial charge in [-0.05, 0) is 54.1 Å². The van der Waals surface area contributed by atoms with Crippen molar-refractivity contribution in [3.63, 3.8) is 0 Å². The predicted octanol–water partition coefficient (Wildman–Crippen LogP) is 4.98. The number of benzene rings is 3. The number of amides is 1. The predicted molar refractivity (Wildman–Crippen MR) is 135 cm³/mol. The van der Waals surface area contributed by atoms with Gasteiger partial charge in [-0.15, -0.1) is 0 Å². The maximum Gasteiger partial charge on any atom is 0.253 e. The van der Waals surface area contributed by atoms with E-state index in [0.717, 1.165) is 44.0 Å². The largest absolute Gasteiger partial charge is 0.340 e. The molecule has 2 heterocycles. The number of hydrogen-bond donors (Lipinski definition) is 1. The molecular formula is C28H26FN5O. The molecule has 0 saturated carbocycles. The van der Waals surface area contributed by atoms with E-state index in [2.05, 4.69) is 44.5 Å². The molecule has 35 heavy (non-hydrogen) atoms. The SMILES string of the molecule is O=C(c1ccc(Nc2cc(-c3ccc(F)cc3)ncn2)cc1)N1CCN(Cc2ccccc2)CC1. The van der Waals surface area contributed by atoms with E-state index in [1.165, 1.54) is 24.0 Å². The maximum absolute atomic E-state index is 13.2. The average molecular weight is 468 g/mol. The maximum atomic E-state index is 13.2. The average Bonchev–Trinajstić information content (AvgIpc) is 2.90. The van der Waals surface area contributed by atoms with Gasteiger partial charge in [0.15, 0.2) is 0 Å². The van der Waals surface area contributed by atoms with Crippen LogP contribution in [0.4, 0.5) is 15.9 Å². The van der Waals surface area contributed by atoms with E-state index in [4.69, 9.17) is 0 Å². The number of piperazine rings is 1. The summed E-state index contributed by atoms with van der Waals surface area (Å²) >= 11 is 0. The molecule has 5 rings (SSSR count). The number of halogens is 1. The summed E-state index contributed by atoms with van der Waals surface area (Å²) in [6.45, 7) is 4.08. The standard InChI is InChI=1S/C28H26FN5O/c29-24-10-6-22(7-11-24)26-18-27(31-20-30-26)32-25-12-8-23(9-13-25)28(35)34-16-14-33(15-17-34)19-21-4-2-1-3-5-21/h1-13,18,20H,14-17,19H2,(H,30,31,32). The number of anilines is 2. The Morgan fingerprint density at radius 2 is 1.57 bits per heavy atom. The van der Waals surface area contributed by atoms with Crippen molar-refractivity contribution in [3.8, 4) is 11.3 Å². The molecule has 4 aromatic rings. The fraction of sp³-hybridized carbons (Fsp3) is 0.179. The van der Waals surface area contributed by atoms with E-state index in [-0.39, 0.29) is 11.7 Å². The lowest BCUT2D eigenvalue weighted by Gasteiger charge is -2.34. The zero-order valence-electron chi connectivity index (χ0n) is 19.3. The van der Waals surface area contributed by atoms with Gasteiger partial charge in [0.25, 0.3) is 5.91 Å². The Kier molecular flexibility index (Phi) is 6.77. The van der Waals surface area contributed by atoms with Crippen LogP contribution < -0.4 is 5.32 Å². The van der Waals surface area contributed by atoms with Crippen LogP contribution >= 0.6 is 0 Å². The van der Waals surface area contributed by atoms with Gasteiger partial charge in [-0.25, -0.2) is 14.4 Å². The highest BCUT2D eigenvalue weighted by Crippen LogP contribution is 2.22. The molecule has 0 aliphatic carbocycles. The Labute approximate surface area is 204 Å². The number of aromatic nitrogens is 2. The fourth-order valence-electron chi connectivity index (χ4n) is 4.18. The highest BCUT2D eigenvalue weighted by Gasteiger charge is 2.22. The lowest BCUT2D eigenvalue weighted by molar-refractivity contribution is 0.0628. The van der Waals surface area contributed by atoms with Gasteiger partial charge in [0, 0.05) is 55.6 Å². The van der Waals surface area contributed by atoms with E-state index < -0.39 is 0 Å². The van der Waals surface area contributed by atoms with Crippen LogP contribution in [0.3, 0.4) is 0 Å². The van der Waals surface area contributed by atoms with Crippen molar-refractivity contribution >= 4 is 17.4 Å². The Balaban J connectivity index is 1.18.